The number of amides is 1. The number of anilines is 1. The highest BCUT2D eigenvalue weighted by atomic mass is 16.5. The van der Waals surface area contributed by atoms with Crippen LogP contribution in [-0.2, 0) is 0 Å². The lowest BCUT2D eigenvalue weighted by Crippen LogP contribution is -2.19. The molecule has 2 heterocycles. The monoisotopic (exact) mass is 385 g/mol. The molecular weight excluding hydrogens is 370 g/mol. The molecule has 29 heavy (non-hydrogen) atoms. The van der Waals surface area contributed by atoms with Crippen LogP contribution in [0.1, 0.15) is 10.5 Å². The van der Waals surface area contributed by atoms with Crippen molar-refractivity contribution < 1.29 is 13.9 Å². The first-order valence-corrected chi connectivity index (χ1v) is 8.94. The first-order valence-electron chi connectivity index (χ1n) is 8.94. The van der Waals surface area contributed by atoms with Crippen molar-refractivity contribution >= 4 is 44.3 Å². The van der Waals surface area contributed by atoms with Gasteiger partial charge in [-0.05, 0) is 18.2 Å². The molecule has 5 aromatic rings. The molecule has 2 aromatic heterocycles. The lowest BCUT2D eigenvalue weighted by Gasteiger charge is -2.11. The topological polar surface area (TPSA) is 97.2 Å². The Bertz CT molecular complexity index is 1470. The summed E-state index contributed by atoms with van der Waals surface area (Å²) in [5, 5.41) is 11.9. The lowest BCUT2D eigenvalue weighted by atomic mass is 10.1. The average molecular weight is 385 g/mol. The Hall–Kier alpha value is -4.13. The number of benzene rings is 3. The number of ether oxygens (including phenoxy) is 1. The van der Waals surface area contributed by atoms with Gasteiger partial charge in [0.05, 0.1) is 18.2 Å². The van der Waals surface area contributed by atoms with Gasteiger partial charge in [0.2, 0.25) is 0 Å². The van der Waals surface area contributed by atoms with Crippen molar-refractivity contribution in [1.82, 2.24) is 10.2 Å². The number of carbonyl (C=O) groups is 1. The van der Waals surface area contributed by atoms with E-state index < -0.39 is 5.91 Å². The van der Waals surface area contributed by atoms with Crippen LogP contribution in [0.25, 0.3) is 32.7 Å². The maximum absolute atomic E-state index is 12.9. The molecule has 0 radical (unpaired) electrons. The van der Waals surface area contributed by atoms with Gasteiger partial charge in [0.15, 0.2) is 5.69 Å². The molecule has 0 bridgehead atoms. The number of hydrogen-bond acceptors (Lipinski definition) is 5. The second-order valence-electron chi connectivity index (χ2n) is 6.55. The summed E-state index contributed by atoms with van der Waals surface area (Å²) in [7, 11) is 1.53. The van der Waals surface area contributed by atoms with Crippen LogP contribution in [0.2, 0.25) is 0 Å². The number of para-hydroxylation sites is 1. The fourth-order valence-electron chi connectivity index (χ4n) is 3.49. The minimum atomic E-state index is -0.466. The third-order valence-electron chi connectivity index (χ3n) is 4.86. The third-order valence-corrected chi connectivity index (χ3v) is 4.86. The Morgan fingerprint density at radius 2 is 1.69 bits per heavy atom. The van der Waals surface area contributed by atoms with Crippen molar-refractivity contribution in [2.75, 3.05) is 12.4 Å². The first kappa shape index (κ1) is 17.0. The molecule has 0 spiro atoms. The summed E-state index contributed by atoms with van der Waals surface area (Å²) in [5.41, 5.74) is 1.59. The largest absolute Gasteiger partial charge is 0.495 e. The van der Waals surface area contributed by atoms with E-state index in [-0.39, 0.29) is 11.3 Å². The Kier molecular flexibility index (Phi) is 3.80. The van der Waals surface area contributed by atoms with Crippen molar-refractivity contribution in [2.45, 2.75) is 0 Å². The zero-order chi connectivity index (χ0) is 20.0. The standard InChI is InChI=1S/C22H15N3O4/c1-28-19-10-15-12-6-4-5-9-17(12)29-18(15)11-16(19)23-22(27)20-13-7-2-3-8-14(13)21(26)25-24-20/h2-11H,1H3,(H,23,27)(H,25,26). The van der Waals surface area contributed by atoms with Gasteiger partial charge in [0.1, 0.15) is 16.9 Å². The molecule has 0 saturated carbocycles. The number of aromatic nitrogens is 2. The van der Waals surface area contributed by atoms with Crippen LogP contribution < -0.4 is 15.6 Å². The minimum Gasteiger partial charge on any atom is -0.495 e. The summed E-state index contributed by atoms with van der Waals surface area (Å²) in [6.45, 7) is 0. The summed E-state index contributed by atoms with van der Waals surface area (Å²) >= 11 is 0. The van der Waals surface area contributed by atoms with E-state index in [1.54, 1.807) is 30.3 Å². The average Bonchev–Trinajstić information content (AvgIpc) is 3.11. The molecule has 1 amide bonds. The Morgan fingerprint density at radius 3 is 2.48 bits per heavy atom. The van der Waals surface area contributed by atoms with Crippen molar-refractivity contribution in [3.8, 4) is 5.75 Å². The Labute approximate surface area is 163 Å². The molecule has 7 heteroatoms. The van der Waals surface area contributed by atoms with Gasteiger partial charge in [0, 0.05) is 22.2 Å². The quantitative estimate of drug-likeness (QED) is 0.488. The molecule has 0 saturated heterocycles. The number of methoxy groups -OCH3 is 1. The van der Waals surface area contributed by atoms with Gasteiger partial charge in [0.25, 0.3) is 11.5 Å². The van der Waals surface area contributed by atoms with E-state index >= 15 is 0 Å². The van der Waals surface area contributed by atoms with Gasteiger partial charge >= 0.3 is 0 Å². The predicted octanol–water partition coefficient (Wildman–Crippen LogP) is 4.08. The van der Waals surface area contributed by atoms with Crippen molar-refractivity contribution in [3.63, 3.8) is 0 Å². The SMILES string of the molecule is COc1cc2c(cc1NC(=O)c1n[nH]c(=O)c3ccccc13)oc1ccccc12. The van der Waals surface area contributed by atoms with Crippen molar-refractivity contribution in [1.29, 1.82) is 0 Å². The number of rotatable bonds is 3. The second kappa shape index (κ2) is 6.49. The third kappa shape index (κ3) is 2.71. The van der Waals surface area contributed by atoms with Crippen LogP contribution >= 0.6 is 0 Å². The summed E-state index contributed by atoms with van der Waals surface area (Å²) in [4.78, 5) is 24.9. The maximum atomic E-state index is 12.9. The van der Waals surface area contributed by atoms with Gasteiger partial charge in [-0.1, -0.05) is 36.4 Å². The fraction of sp³-hybridized carbons (Fsp3) is 0.0455. The molecule has 0 fully saturated rings. The number of carbonyl (C=O) groups excluding carboxylic acids is 1. The molecule has 7 nitrogen and oxygen atoms in total. The molecule has 0 aliphatic heterocycles. The van der Waals surface area contributed by atoms with Crippen molar-refractivity contribution in [3.05, 3.63) is 76.7 Å². The highest BCUT2D eigenvalue weighted by Crippen LogP contribution is 2.36. The molecular formula is C22H15N3O4. The van der Waals surface area contributed by atoms with Crippen LogP contribution in [0.4, 0.5) is 5.69 Å². The summed E-state index contributed by atoms with van der Waals surface area (Å²) in [6, 6.07) is 18.1. The number of nitrogens with zero attached hydrogens (tertiary/aromatic N) is 1. The van der Waals surface area contributed by atoms with E-state index in [1.165, 1.54) is 7.11 Å². The summed E-state index contributed by atoms with van der Waals surface area (Å²) < 4.78 is 11.4. The zero-order valence-corrected chi connectivity index (χ0v) is 15.4. The molecule has 0 unspecified atom stereocenters. The van der Waals surface area contributed by atoms with E-state index in [9.17, 15) is 9.59 Å². The number of H-pyrrole nitrogens is 1. The normalized spacial score (nSPS) is 11.2. The van der Waals surface area contributed by atoms with E-state index in [0.29, 0.717) is 27.8 Å². The number of hydrogen-bond donors (Lipinski definition) is 2. The number of furan rings is 1. The van der Waals surface area contributed by atoms with Crippen LogP contribution in [-0.4, -0.2) is 23.2 Å². The van der Waals surface area contributed by atoms with E-state index in [0.717, 1.165) is 16.4 Å². The molecule has 142 valence electrons. The zero-order valence-electron chi connectivity index (χ0n) is 15.4. The lowest BCUT2D eigenvalue weighted by molar-refractivity contribution is 0.102. The first-order chi connectivity index (χ1) is 14.2. The van der Waals surface area contributed by atoms with Gasteiger partial charge in [-0.3, -0.25) is 9.59 Å². The highest BCUT2D eigenvalue weighted by Gasteiger charge is 2.18. The van der Waals surface area contributed by atoms with Gasteiger partial charge in [-0.15, -0.1) is 0 Å². The van der Waals surface area contributed by atoms with Crippen LogP contribution in [0.5, 0.6) is 5.75 Å². The van der Waals surface area contributed by atoms with E-state index in [2.05, 4.69) is 15.5 Å². The predicted molar refractivity (Wildman–Crippen MR) is 111 cm³/mol. The molecule has 3 aromatic carbocycles. The van der Waals surface area contributed by atoms with Crippen molar-refractivity contribution in [2.24, 2.45) is 0 Å². The fourth-order valence-corrected chi connectivity index (χ4v) is 3.49. The molecule has 0 aliphatic rings. The van der Waals surface area contributed by atoms with Crippen LogP contribution in [0.15, 0.2) is 69.9 Å². The second-order valence-corrected chi connectivity index (χ2v) is 6.55. The molecule has 0 atom stereocenters. The summed E-state index contributed by atoms with van der Waals surface area (Å²) in [5.74, 6) is 0.0253. The van der Waals surface area contributed by atoms with Gasteiger partial charge in [-0.2, -0.15) is 5.10 Å². The molecule has 2 N–H and O–H groups in total. The maximum Gasteiger partial charge on any atom is 0.276 e. The number of nitrogens with one attached hydrogen (secondary N) is 2. The van der Waals surface area contributed by atoms with Gasteiger partial charge < -0.3 is 14.5 Å². The number of aromatic amines is 1. The van der Waals surface area contributed by atoms with Crippen LogP contribution in [0, 0.1) is 0 Å². The van der Waals surface area contributed by atoms with Gasteiger partial charge in [-0.25, -0.2) is 5.10 Å². The highest BCUT2D eigenvalue weighted by molar-refractivity contribution is 6.13. The molecule has 5 rings (SSSR count). The Balaban J connectivity index is 1.61. The molecule has 0 aliphatic carbocycles. The smallest absolute Gasteiger partial charge is 0.276 e. The summed E-state index contributed by atoms with van der Waals surface area (Å²) in [6.07, 6.45) is 0. The van der Waals surface area contributed by atoms with E-state index in [4.69, 9.17) is 9.15 Å². The number of fused-ring (bicyclic) bond motifs is 4. The Morgan fingerprint density at radius 1 is 0.966 bits per heavy atom. The van der Waals surface area contributed by atoms with E-state index in [1.807, 2.05) is 30.3 Å². The van der Waals surface area contributed by atoms with Crippen LogP contribution in [0.3, 0.4) is 0 Å². The minimum absolute atomic E-state index is 0.118.